The van der Waals surface area contributed by atoms with Gasteiger partial charge < -0.3 is 5.32 Å². The zero-order valence-electron chi connectivity index (χ0n) is 15.5. The van der Waals surface area contributed by atoms with E-state index in [-0.39, 0.29) is 11.9 Å². The van der Waals surface area contributed by atoms with Crippen LogP contribution in [0, 0.1) is 12.7 Å². The summed E-state index contributed by atoms with van der Waals surface area (Å²) >= 11 is 1.77. The van der Waals surface area contributed by atoms with Crippen molar-refractivity contribution in [3.05, 3.63) is 53.9 Å². The third-order valence-electron chi connectivity index (χ3n) is 5.80. The number of aryl methyl sites for hydroxylation is 1. The highest BCUT2D eigenvalue weighted by Gasteiger charge is 2.37. The SMILES string of the molecule is Cc1ccc(F)c(-c2nc3n(c2NC2CCCCC2)C2C=CC=CC2S3)c1. The Morgan fingerprint density at radius 2 is 1.96 bits per heavy atom. The number of thioether (sulfide) groups is 1. The number of halogens is 1. The normalized spacial score (nSPS) is 24.1. The Morgan fingerprint density at radius 3 is 2.81 bits per heavy atom. The van der Waals surface area contributed by atoms with Crippen molar-refractivity contribution in [2.45, 2.75) is 61.5 Å². The van der Waals surface area contributed by atoms with Crippen LogP contribution < -0.4 is 5.32 Å². The molecule has 0 radical (unpaired) electrons. The molecule has 3 nitrogen and oxygen atoms in total. The zero-order chi connectivity index (χ0) is 18.4. The Labute approximate surface area is 163 Å². The Kier molecular flexibility index (Phi) is 4.35. The third-order valence-corrected chi connectivity index (χ3v) is 7.01. The predicted octanol–water partition coefficient (Wildman–Crippen LogP) is 5.88. The van der Waals surface area contributed by atoms with Crippen LogP contribution in [0.5, 0.6) is 0 Å². The highest BCUT2D eigenvalue weighted by Crippen LogP contribution is 2.48. The van der Waals surface area contributed by atoms with E-state index < -0.39 is 0 Å². The Bertz CT molecular complexity index is 924. The van der Waals surface area contributed by atoms with Crippen LogP contribution in [0.1, 0.15) is 43.7 Å². The van der Waals surface area contributed by atoms with Gasteiger partial charge in [0, 0.05) is 11.6 Å². The van der Waals surface area contributed by atoms with Gasteiger partial charge in [-0.05, 0) is 31.9 Å². The minimum absolute atomic E-state index is 0.204. The van der Waals surface area contributed by atoms with E-state index in [0.717, 1.165) is 22.2 Å². The van der Waals surface area contributed by atoms with E-state index >= 15 is 0 Å². The van der Waals surface area contributed by atoms with E-state index in [1.165, 1.54) is 32.1 Å². The van der Waals surface area contributed by atoms with Crippen LogP contribution in [0.4, 0.5) is 10.2 Å². The molecule has 2 aromatic rings. The van der Waals surface area contributed by atoms with Crippen molar-refractivity contribution in [1.29, 1.82) is 0 Å². The first-order chi connectivity index (χ1) is 13.2. The highest BCUT2D eigenvalue weighted by atomic mass is 32.2. The molecule has 5 heteroatoms. The topological polar surface area (TPSA) is 29.9 Å². The summed E-state index contributed by atoms with van der Waals surface area (Å²) < 4.78 is 17.0. The number of fused-ring (bicyclic) bond motifs is 3. The summed E-state index contributed by atoms with van der Waals surface area (Å²) in [6, 6.07) is 5.97. The van der Waals surface area contributed by atoms with Crippen LogP contribution in [0.15, 0.2) is 47.7 Å². The maximum atomic E-state index is 14.7. The number of nitrogens with zero attached hydrogens (tertiary/aromatic N) is 2. The van der Waals surface area contributed by atoms with Crippen molar-refractivity contribution in [3.63, 3.8) is 0 Å². The minimum Gasteiger partial charge on any atom is -0.367 e. The number of rotatable bonds is 3. The molecule has 0 spiro atoms. The largest absolute Gasteiger partial charge is 0.367 e. The molecule has 0 bridgehead atoms. The summed E-state index contributed by atoms with van der Waals surface area (Å²) in [7, 11) is 0. The summed E-state index contributed by atoms with van der Waals surface area (Å²) in [5.74, 6) is 0.783. The lowest BCUT2D eigenvalue weighted by molar-refractivity contribution is 0.458. The van der Waals surface area contributed by atoms with Gasteiger partial charge in [-0.1, -0.05) is 67.0 Å². The first-order valence-electron chi connectivity index (χ1n) is 9.87. The van der Waals surface area contributed by atoms with Gasteiger partial charge in [-0.15, -0.1) is 0 Å². The summed E-state index contributed by atoms with van der Waals surface area (Å²) in [6.07, 6.45) is 14.9. The molecule has 1 N–H and O–H groups in total. The number of nitrogens with one attached hydrogen (secondary N) is 1. The fourth-order valence-corrected chi connectivity index (χ4v) is 5.63. The molecule has 1 aliphatic heterocycles. The molecule has 5 rings (SSSR count). The van der Waals surface area contributed by atoms with E-state index in [4.69, 9.17) is 4.98 Å². The first-order valence-corrected chi connectivity index (χ1v) is 10.8. The maximum Gasteiger partial charge on any atom is 0.171 e. The van der Waals surface area contributed by atoms with Crippen molar-refractivity contribution >= 4 is 17.6 Å². The lowest BCUT2D eigenvalue weighted by Crippen LogP contribution is -2.25. The smallest absolute Gasteiger partial charge is 0.171 e. The average Bonchev–Trinajstić information content (AvgIpc) is 3.21. The second-order valence-corrected chi connectivity index (χ2v) is 8.91. The quantitative estimate of drug-likeness (QED) is 0.719. The molecule has 27 heavy (non-hydrogen) atoms. The molecule has 2 unspecified atom stereocenters. The molecular formula is C22H24FN3S. The number of anilines is 1. The lowest BCUT2D eigenvalue weighted by atomic mass is 9.95. The number of aromatic nitrogens is 2. The van der Waals surface area contributed by atoms with Gasteiger partial charge in [0.15, 0.2) is 5.16 Å². The van der Waals surface area contributed by atoms with Crippen molar-refractivity contribution in [2.24, 2.45) is 0 Å². The number of benzene rings is 1. The number of hydrogen-bond donors (Lipinski definition) is 1. The van der Waals surface area contributed by atoms with Crippen LogP contribution in [-0.2, 0) is 0 Å². The average molecular weight is 382 g/mol. The van der Waals surface area contributed by atoms with E-state index in [9.17, 15) is 4.39 Å². The molecule has 2 atom stereocenters. The minimum atomic E-state index is -0.204. The summed E-state index contributed by atoms with van der Waals surface area (Å²) in [5, 5.41) is 5.13. The summed E-state index contributed by atoms with van der Waals surface area (Å²) in [4.78, 5) is 4.91. The second-order valence-electron chi connectivity index (χ2n) is 7.77. The molecule has 2 heterocycles. The lowest BCUT2D eigenvalue weighted by Gasteiger charge is -2.27. The Hall–Kier alpha value is -2.01. The van der Waals surface area contributed by atoms with Crippen LogP contribution >= 0.6 is 11.8 Å². The molecule has 0 amide bonds. The summed E-state index contributed by atoms with van der Waals surface area (Å²) in [6.45, 7) is 2.00. The first kappa shape index (κ1) is 17.1. The van der Waals surface area contributed by atoms with Gasteiger partial charge in [-0.25, -0.2) is 9.37 Å². The van der Waals surface area contributed by atoms with Crippen LogP contribution in [0.2, 0.25) is 0 Å². The van der Waals surface area contributed by atoms with E-state index in [0.29, 0.717) is 16.9 Å². The van der Waals surface area contributed by atoms with Gasteiger partial charge in [-0.3, -0.25) is 4.57 Å². The molecule has 1 fully saturated rings. The van der Waals surface area contributed by atoms with Crippen molar-refractivity contribution in [3.8, 4) is 11.3 Å². The van der Waals surface area contributed by atoms with E-state index in [1.54, 1.807) is 17.8 Å². The Balaban J connectivity index is 1.62. The fourth-order valence-electron chi connectivity index (χ4n) is 4.40. The van der Waals surface area contributed by atoms with Gasteiger partial charge in [0.2, 0.25) is 0 Å². The van der Waals surface area contributed by atoms with Gasteiger partial charge in [0.05, 0.1) is 11.3 Å². The highest BCUT2D eigenvalue weighted by molar-refractivity contribution is 8.00. The molecule has 1 aromatic heterocycles. The monoisotopic (exact) mass is 381 g/mol. The van der Waals surface area contributed by atoms with E-state index in [2.05, 4.69) is 34.2 Å². The molecule has 0 saturated heterocycles. The number of allylic oxidation sites excluding steroid dienone is 3. The van der Waals surface area contributed by atoms with Gasteiger partial charge in [0.25, 0.3) is 0 Å². The molecule has 3 aliphatic rings. The Morgan fingerprint density at radius 1 is 1.15 bits per heavy atom. The third kappa shape index (κ3) is 3.02. The van der Waals surface area contributed by atoms with Crippen LogP contribution in [0.3, 0.4) is 0 Å². The number of imidazole rings is 1. The van der Waals surface area contributed by atoms with Crippen molar-refractivity contribution in [1.82, 2.24) is 9.55 Å². The number of hydrogen-bond acceptors (Lipinski definition) is 3. The molecule has 2 aliphatic carbocycles. The van der Waals surface area contributed by atoms with Gasteiger partial charge >= 0.3 is 0 Å². The fraction of sp³-hybridized carbons (Fsp3) is 0.409. The van der Waals surface area contributed by atoms with Crippen molar-refractivity contribution in [2.75, 3.05) is 5.32 Å². The molecule has 1 saturated carbocycles. The van der Waals surface area contributed by atoms with Gasteiger partial charge in [0.1, 0.15) is 17.3 Å². The maximum absolute atomic E-state index is 14.7. The van der Waals surface area contributed by atoms with Gasteiger partial charge in [-0.2, -0.15) is 0 Å². The molecule has 140 valence electrons. The van der Waals surface area contributed by atoms with Crippen LogP contribution in [0.25, 0.3) is 11.3 Å². The second kappa shape index (κ2) is 6.86. The van der Waals surface area contributed by atoms with E-state index in [1.807, 2.05) is 19.1 Å². The summed E-state index contributed by atoms with van der Waals surface area (Å²) in [5.41, 5.74) is 2.41. The standard InChI is InChI=1S/C22H24FN3S/c1-14-11-12-17(23)16(13-14)20-21(24-15-7-3-2-4-8-15)26-18-9-5-6-10-19(18)27-22(26)25-20/h5-6,9-13,15,18-19,24H,2-4,7-8H2,1H3. The zero-order valence-corrected chi connectivity index (χ0v) is 16.3. The predicted molar refractivity (Wildman–Crippen MR) is 110 cm³/mol. The van der Waals surface area contributed by atoms with Crippen molar-refractivity contribution < 1.29 is 4.39 Å². The molecular weight excluding hydrogens is 357 g/mol. The van der Waals surface area contributed by atoms with Crippen LogP contribution in [-0.4, -0.2) is 20.8 Å². The molecule has 1 aromatic carbocycles.